The van der Waals surface area contributed by atoms with Gasteiger partial charge in [-0.05, 0) is 24.7 Å². The fraction of sp³-hybridized carbons (Fsp3) is 0.727. The molecule has 2 unspecified atom stereocenters. The summed E-state index contributed by atoms with van der Waals surface area (Å²) < 4.78 is 0. The Hall–Kier alpha value is -0.830. The summed E-state index contributed by atoms with van der Waals surface area (Å²) in [5, 5.41) is 18.5. The maximum Gasteiger partial charge on any atom is 0.306 e. The van der Waals surface area contributed by atoms with Crippen LogP contribution >= 0.6 is 0 Å². The molecule has 0 bridgehead atoms. The molecule has 0 aromatic rings. The summed E-state index contributed by atoms with van der Waals surface area (Å²) in [6.45, 7) is 4.27. The molecule has 0 aromatic carbocycles. The van der Waals surface area contributed by atoms with E-state index in [1.54, 1.807) is 6.08 Å². The van der Waals surface area contributed by atoms with E-state index >= 15 is 0 Å². The van der Waals surface area contributed by atoms with E-state index in [1.165, 1.54) is 0 Å². The van der Waals surface area contributed by atoms with E-state index < -0.39 is 11.6 Å². The average Bonchev–Trinajstić information content (AvgIpc) is 2.02. The van der Waals surface area contributed by atoms with Crippen LogP contribution in [0.4, 0.5) is 0 Å². The van der Waals surface area contributed by atoms with Crippen LogP contribution in [-0.2, 0) is 4.79 Å². The third-order valence-corrected chi connectivity index (χ3v) is 2.88. The molecule has 2 atom stereocenters. The number of hydrogen-bond acceptors (Lipinski definition) is 2. The number of allylic oxidation sites excluding steroid dienone is 1. The lowest BCUT2D eigenvalue weighted by Gasteiger charge is -2.31. The molecule has 0 heterocycles. The maximum atomic E-state index is 10.5. The van der Waals surface area contributed by atoms with Crippen molar-refractivity contribution in [3.63, 3.8) is 0 Å². The Morgan fingerprint density at radius 2 is 2.29 bits per heavy atom. The van der Waals surface area contributed by atoms with E-state index in [2.05, 4.69) is 13.8 Å². The molecule has 0 saturated heterocycles. The Morgan fingerprint density at radius 3 is 2.64 bits per heavy atom. The molecular weight excluding hydrogens is 180 g/mol. The van der Waals surface area contributed by atoms with E-state index in [9.17, 15) is 9.90 Å². The van der Waals surface area contributed by atoms with Crippen molar-refractivity contribution >= 4 is 5.97 Å². The predicted octanol–water partition coefficient (Wildman–Crippen LogP) is 1.81. The fourth-order valence-corrected chi connectivity index (χ4v) is 1.86. The molecule has 2 N–H and O–H groups in total. The molecule has 0 amide bonds. The topological polar surface area (TPSA) is 57.5 Å². The highest BCUT2D eigenvalue weighted by atomic mass is 16.4. The smallest absolute Gasteiger partial charge is 0.306 e. The first-order valence-electron chi connectivity index (χ1n) is 5.06. The molecule has 14 heavy (non-hydrogen) atoms. The first-order chi connectivity index (χ1) is 6.43. The largest absolute Gasteiger partial charge is 0.481 e. The van der Waals surface area contributed by atoms with Gasteiger partial charge in [-0.2, -0.15) is 0 Å². The van der Waals surface area contributed by atoms with Crippen molar-refractivity contribution in [2.75, 3.05) is 0 Å². The van der Waals surface area contributed by atoms with Crippen LogP contribution in [0, 0.1) is 11.8 Å². The van der Waals surface area contributed by atoms with Gasteiger partial charge in [0, 0.05) is 0 Å². The van der Waals surface area contributed by atoms with E-state index in [0.29, 0.717) is 18.3 Å². The number of aliphatic hydroxyl groups is 1. The SMILES string of the molecule is CC(C)C1C=CC(O)(CC(=O)O)CC1. The molecule has 0 spiro atoms. The van der Waals surface area contributed by atoms with Gasteiger partial charge in [0.15, 0.2) is 0 Å². The number of carbonyl (C=O) groups is 1. The zero-order valence-electron chi connectivity index (χ0n) is 8.73. The minimum absolute atomic E-state index is 0.186. The molecule has 0 fully saturated rings. The molecule has 1 aliphatic rings. The first kappa shape index (κ1) is 11.2. The second-order valence-corrected chi connectivity index (χ2v) is 4.48. The van der Waals surface area contributed by atoms with Gasteiger partial charge >= 0.3 is 5.97 Å². The van der Waals surface area contributed by atoms with Crippen LogP contribution in [0.2, 0.25) is 0 Å². The summed E-state index contributed by atoms with van der Waals surface area (Å²) in [5.41, 5.74) is -1.11. The highest BCUT2D eigenvalue weighted by Gasteiger charge is 2.31. The van der Waals surface area contributed by atoms with Crippen LogP contribution in [0.25, 0.3) is 0 Å². The van der Waals surface area contributed by atoms with Gasteiger partial charge in [-0.25, -0.2) is 0 Å². The summed E-state index contributed by atoms with van der Waals surface area (Å²) in [4.78, 5) is 10.5. The molecule has 1 aliphatic carbocycles. The fourth-order valence-electron chi connectivity index (χ4n) is 1.86. The molecule has 0 aromatic heterocycles. The van der Waals surface area contributed by atoms with Crippen molar-refractivity contribution in [3.05, 3.63) is 12.2 Å². The van der Waals surface area contributed by atoms with E-state index in [1.807, 2.05) is 6.08 Å². The van der Waals surface area contributed by atoms with Crippen molar-refractivity contribution in [2.24, 2.45) is 11.8 Å². The summed E-state index contributed by atoms with van der Waals surface area (Å²) in [7, 11) is 0. The van der Waals surface area contributed by atoms with Gasteiger partial charge in [0.05, 0.1) is 12.0 Å². The normalized spacial score (nSPS) is 32.1. The highest BCUT2D eigenvalue weighted by molar-refractivity contribution is 5.68. The summed E-state index contributed by atoms with van der Waals surface area (Å²) in [6.07, 6.45) is 4.86. The Bertz CT molecular complexity index is 245. The van der Waals surface area contributed by atoms with Gasteiger partial charge in [0.2, 0.25) is 0 Å². The number of rotatable bonds is 3. The second kappa shape index (κ2) is 4.13. The number of carboxylic acid groups (broad SMARTS) is 1. The quantitative estimate of drug-likeness (QED) is 0.680. The predicted molar refractivity (Wildman–Crippen MR) is 53.9 cm³/mol. The molecule has 0 radical (unpaired) electrons. The van der Waals surface area contributed by atoms with Crippen LogP contribution < -0.4 is 0 Å². The summed E-state index contributed by atoms with van der Waals surface area (Å²) in [6, 6.07) is 0. The van der Waals surface area contributed by atoms with Crippen LogP contribution in [0.3, 0.4) is 0 Å². The monoisotopic (exact) mass is 198 g/mol. The molecular formula is C11H18O3. The molecule has 1 rings (SSSR count). The molecule has 0 saturated carbocycles. The third-order valence-electron chi connectivity index (χ3n) is 2.88. The molecule has 80 valence electrons. The summed E-state index contributed by atoms with van der Waals surface area (Å²) >= 11 is 0. The highest BCUT2D eigenvalue weighted by Crippen LogP contribution is 2.31. The van der Waals surface area contributed by atoms with Crippen LogP contribution in [0.15, 0.2) is 12.2 Å². The van der Waals surface area contributed by atoms with E-state index in [4.69, 9.17) is 5.11 Å². The lowest BCUT2D eigenvalue weighted by molar-refractivity contribution is -0.141. The average molecular weight is 198 g/mol. The number of aliphatic carboxylic acids is 1. The van der Waals surface area contributed by atoms with E-state index in [-0.39, 0.29) is 6.42 Å². The number of hydrogen-bond donors (Lipinski definition) is 2. The lowest BCUT2D eigenvalue weighted by atomic mass is 9.79. The third kappa shape index (κ3) is 2.84. The van der Waals surface area contributed by atoms with Crippen LogP contribution in [0.5, 0.6) is 0 Å². The zero-order chi connectivity index (χ0) is 10.8. The Balaban J connectivity index is 2.62. The van der Waals surface area contributed by atoms with Gasteiger partial charge in [0.1, 0.15) is 0 Å². The molecule has 3 nitrogen and oxygen atoms in total. The number of carboxylic acids is 1. The standard InChI is InChI=1S/C11H18O3/c1-8(2)9-3-5-11(14,6-4-9)7-10(12)13/h3,5,8-9,14H,4,6-7H2,1-2H3,(H,12,13). The van der Waals surface area contributed by atoms with Crippen molar-refractivity contribution < 1.29 is 15.0 Å². The first-order valence-corrected chi connectivity index (χ1v) is 5.06. The van der Waals surface area contributed by atoms with Crippen molar-refractivity contribution in [1.82, 2.24) is 0 Å². The van der Waals surface area contributed by atoms with Gasteiger partial charge in [0.25, 0.3) is 0 Å². The van der Waals surface area contributed by atoms with Crippen molar-refractivity contribution in [2.45, 2.75) is 38.7 Å². The van der Waals surface area contributed by atoms with Gasteiger partial charge in [-0.15, -0.1) is 0 Å². The van der Waals surface area contributed by atoms with Crippen molar-refractivity contribution in [1.29, 1.82) is 0 Å². The minimum Gasteiger partial charge on any atom is -0.481 e. The second-order valence-electron chi connectivity index (χ2n) is 4.48. The van der Waals surface area contributed by atoms with Crippen LogP contribution in [-0.4, -0.2) is 21.8 Å². The van der Waals surface area contributed by atoms with Gasteiger partial charge in [-0.1, -0.05) is 26.0 Å². The Kier molecular flexibility index (Phi) is 3.32. The molecule has 0 aliphatic heterocycles. The van der Waals surface area contributed by atoms with Crippen molar-refractivity contribution in [3.8, 4) is 0 Å². The van der Waals surface area contributed by atoms with Gasteiger partial charge < -0.3 is 10.2 Å². The lowest BCUT2D eigenvalue weighted by Crippen LogP contribution is -2.33. The Morgan fingerprint density at radius 1 is 1.64 bits per heavy atom. The molecule has 3 heteroatoms. The zero-order valence-corrected chi connectivity index (χ0v) is 8.73. The Labute approximate surface area is 84.4 Å². The maximum absolute atomic E-state index is 10.5. The van der Waals surface area contributed by atoms with E-state index in [0.717, 1.165) is 6.42 Å². The summed E-state index contributed by atoms with van der Waals surface area (Å²) in [5.74, 6) is 0.0878. The van der Waals surface area contributed by atoms with Gasteiger partial charge in [-0.3, -0.25) is 4.79 Å². The van der Waals surface area contributed by atoms with Crippen LogP contribution in [0.1, 0.15) is 33.1 Å². The minimum atomic E-state index is -1.11.